The van der Waals surface area contributed by atoms with Gasteiger partial charge in [-0.2, -0.15) is 0 Å². The Morgan fingerprint density at radius 1 is 0.964 bits per heavy atom. The smallest absolute Gasteiger partial charge is 0.265 e. The minimum absolute atomic E-state index is 0.0726. The van der Waals surface area contributed by atoms with E-state index >= 15 is 0 Å². The van der Waals surface area contributed by atoms with Crippen molar-refractivity contribution in [2.45, 2.75) is 19.4 Å². The fourth-order valence-corrected chi connectivity index (χ4v) is 4.32. The number of anilines is 2. The summed E-state index contributed by atoms with van der Waals surface area (Å²) in [6.45, 7) is 0.478. The van der Waals surface area contributed by atoms with Gasteiger partial charge in [0.1, 0.15) is 12.4 Å². The second-order valence-corrected chi connectivity index (χ2v) is 8.10. The maximum Gasteiger partial charge on any atom is 0.265 e. The lowest BCUT2D eigenvalue weighted by Crippen LogP contribution is -2.13. The highest BCUT2D eigenvalue weighted by Gasteiger charge is 2.29. The summed E-state index contributed by atoms with van der Waals surface area (Å²) in [7, 11) is 0. The van der Waals surface area contributed by atoms with Gasteiger partial charge >= 0.3 is 0 Å². The van der Waals surface area contributed by atoms with Crippen LogP contribution < -0.4 is 15.4 Å². The van der Waals surface area contributed by atoms with Crippen molar-refractivity contribution < 1.29 is 14.3 Å². The summed E-state index contributed by atoms with van der Waals surface area (Å²) in [6.07, 6.45) is 1.94. The molecule has 2 aliphatic rings. The molecule has 5 rings (SSSR count). The monoisotopic (exact) mass is 390 g/mol. The van der Waals surface area contributed by atoms with E-state index in [0.29, 0.717) is 17.2 Å². The van der Waals surface area contributed by atoms with Crippen molar-refractivity contribution >= 4 is 34.5 Å². The molecule has 140 valence electrons. The zero-order valence-electron chi connectivity index (χ0n) is 15.0. The summed E-state index contributed by atoms with van der Waals surface area (Å²) in [6, 6.07) is 17.0. The molecular formula is C22H18N2O3S. The topological polar surface area (TPSA) is 67.4 Å². The summed E-state index contributed by atoms with van der Waals surface area (Å²) in [5.74, 6) is 0.945. The number of fused-ring (bicyclic) bond motifs is 3. The van der Waals surface area contributed by atoms with E-state index in [1.807, 2.05) is 30.3 Å². The minimum Gasteiger partial charge on any atom is -0.488 e. The summed E-state index contributed by atoms with van der Waals surface area (Å²) in [5, 5.41) is 5.82. The number of carbonyl (C=O) groups is 2. The predicted octanol–water partition coefficient (Wildman–Crippen LogP) is 4.91. The van der Waals surface area contributed by atoms with Crippen LogP contribution in [0.15, 0.2) is 54.6 Å². The standard InChI is InChI=1S/C22H18N2O3S/c25-21(13-5-6-13)23-15-7-9-16(10-8-15)24-22(26)19-11-14-12-27-18-4-2-1-3-17(18)20(14)28-19/h1-4,7-11,13H,5-6,12H2,(H,23,25)(H,24,26). The van der Waals surface area contributed by atoms with Gasteiger partial charge in [0.15, 0.2) is 0 Å². The number of nitrogens with one attached hydrogen (secondary N) is 2. The van der Waals surface area contributed by atoms with E-state index in [2.05, 4.69) is 10.6 Å². The van der Waals surface area contributed by atoms with E-state index in [-0.39, 0.29) is 17.7 Å². The molecule has 0 saturated heterocycles. The van der Waals surface area contributed by atoms with E-state index in [4.69, 9.17) is 4.74 Å². The third-order valence-electron chi connectivity index (χ3n) is 4.91. The molecule has 1 aliphatic heterocycles. The van der Waals surface area contributed by atoms with Crippen LogP contribution in [0, 0.1) is 5.92 Å². The largest absolute Gasteiger partial charge is 0.488 e. The van der Waals surface area contributed by atoms with Crippen molar-refractivity contribution in [2.24, 2.45) is 5.92 Å². The fraction of sp³-hybridized carbons (Fsp3) is 0.182. The Kier molecular flexibility index (Phi) is 4.13. The van der Waals surface area contributed by atoms with Gasteiger partial charge in [0, 0.05) is 33.3 Å². The molecule has 0 atom stereocenters. The lowest BCUT2D eigenvalue weighted by molar-refractivity contribution is -0.117. The summed E-state index contributed by atoms with van der Waals surface area (Å²) in [5.41, 5.74) is 3.50. The molecule has 0 bridgehead atoms. The Labute approximate surface area is 166 Å². The van der Waals surface area contributed by atoms with Crippen LogP contribution in [0.4, 0.5) is 11.4 Å². The first kappa shape index (κ1) is 17.0. The number of ether oxygens (including phenoxy) is 1. The number of thiophene rings is 1. The highest BCUT2D eigenvalue weighted by molar-refractivity contribution is 7.17. The van der Waals surface area contributed by atoms with Crippen molar-refractivity contribution in [3.05, 3.63) is 65.0 Å². The van der Waals surface area contributed by atoms with E-state index in [9.17, 15) is 9.59 Å². The first-order valence-electron chi connectivity index (χ1n) is 9.24. The zero-order valence-corrected chi connectivity index (χ0v) is 15.8. The van der Waals surface area contributed by atoms with Crippen LogP contribution in [0.2, 0.25) is 0 Å². The third kappa shape index (κ3) is 3.27. The van der Waals surface area contributed by atoms with Crippen LogP contribution in [-0.2, 0) is 11.4 Å². The Morgan fingerprint density at radius 3 is 2.43 bits per heavy atom. The van der Waals surface area contributed by atoms with Gasteiger partial charge in [-0.25, -0.2) is 0 Å². The van der Waals surface area contributed by atoms with Crippen molar-refractivity contribution in [3.8, 4) is 16.2 Å². The van der Waals surface area contributed by atoms with Crippen LogP contribution in [0.3, 0.4) is 0 Å². The number of benzene rings is 2. The molecule has 1 aromatic heterocycles. The fourth-order valence-electron chi connectivity index (χ4n) is 3.23. The molecule has 1 fully saturated rings. The van der Waals surface area contributed by atoms with Gasteiger partial charge in [-0.05, 0) is 55.3 Å². The van der Waals surface area contributed by atoms with E-state index in [1.165, 1.54) is 11.3 Å². The molecule has 0 unspecified atom stereocenters. The highest BCUT2D eigenvalue weighted by atomic mass is 32.1. The molecule has 28 heavy (non-hydrogen) atoms. The van der Waals surface area contributed by atoms with Crippen molar-refractivity contribution in [1.82, 2.24) is 0 Å². The zero-order chi connectivity index (χ0) is 19.1. The second-order valence-electron chi connectivity index (χ2n) is 7.04. The van der Waals surface area contributed by atoms with Gasteiger partial charge < -0.3 is 15.4 Å². The van der Waals surface area contributed by atoms with Gasteiger partial charge in [0.25, 0.3) is 5.91 Å². The van der Waals surface area contributed by atoms with Crippen molar-refractivity contribution in [2.75, 3.05) is 10.6 Å². The van der Waals surface area contributed by atoms with E-state index in [0.717, 1.165) is 40.3 Å². The molecular weight excluding hydrogens is 372 g/mol. The average Bonchev–Trinajstić information content (AvgIpc) is 3.47. The number of hydrogen-bond donors (Lipinski definition) is 2. The molecule has 2 heterocycles. The normalized spacial score (nSPS) is 14.4. The van der Waals surface area contributed by atoms with Gasteiger partial charge in [-0.1, -0.05) is 12.1 Å². The molecule has 2 aromatic carbocycles. The molecule has 2 amide bonds. The molecule has 1 saturated carbocycles. The summed E-state index contributed by atoms with van der Waals surface area (Å²) < 4.78 is 5.77. The average molecular weight is 390 g/mol. The molecule has 6 heteroatoms. The van der Waals surface area contributed by atoms with Crippen LogP contribution in [0.25, 0.3) is 10.4 Å². The van der Waals surface area contributed by atoms with Gasteiger partial charge in [0.2, 0.25) is 5.91 Å². The molecule has 5 nitrogen and oxygen atoms in total. The Morgan fingerprint density at radius 2 is 1.68 bits per heavy atom. The summed E-state index contributed by atoms with van der Waals surface area (Å²) >= 11 is 1.48. The number of carbonyl (C=O) groups excluding carboxylic acids is 2. The first-order chi connectivity index (χ1) is 13.7. The number of para-hydroxylation sites is 1. The third-order valence-corrected chi connectivity index (χ3v) is 6.12. The molecule has 2 N–H and O–H groups in total. The predicted molar refractivity (Wildman–Crippen MR) is 110 cm³/mol. The second kappa shape index (κ2) is 6.80. The highest BCUT2D eigenvalue weighted by Crippen LogP contribution is 2.42. The van der Waals surface area contributed by atoms with Gasteiger partial charge in [-0.3, -0.25) is 9.59 Å². The lowest BCUT2D eigenvalue weighted by atomic mass is 10.1. The van der Waals surface area contributed by atoms with Gasteiger partial charge in [-0.15, -0.1) is 11.3 Å². The first-order valence-corrected chi connectivity index (χ1v) is 10.1. The number of hydrogen-bond acceptors (Lipinski definition) is 4. The summed E-state index contributed by atoms with van der Waals surface area (Å²) in [4.78, 5) is 26.2. The Balaban J connectivity index is 1.30. The van der Waals surface area contributed by atoms with Crippen LogP contribution in [-0.4, -0.2) is 11.8 Å². The van der Waals surface area contributed by atoms with Crippen LogP contribution >= 0.6 is 11.3 Å². The van der Waals surface area contributed by atoms with Crippen LogP contribution in [0.1, 0.15) is 28.1 Å². The molecule has 1 aliphatic carbocycles. The Hall–Kier alpha value is -3.12. The number of rotatable bonds is 4. The van der Waals surface area contributed by atoms with E-state index in [1.54, 1.807) is 24.3 Å². The lowest BCUT2D eigenvalue weighted by Gasteiger charge is -2.16. The van der Waals surface area contributed by atoms with Crippen LogP contribution in [0.5, 0.6) is 5.75 Å². The maximum atomic E-state index is 12.7. The molecule has 3 aromatic rings. The van der Waals surface area contributed by atoms with Gasteiger partial charge in [0.05, 0.1) is 4.88 Å². The number of amides is 2. The maximum absolute atomic E-state index is 12.7. The molecule has 0 spiro atoms. The van der Waals surface area contributed by atoms with Crippen molar-refractivity contribution in [3.63, 3.8) is 0 Å². The van der Waals surface area contributed by atoms with Crippen molar-refractivity contribution in [1.29, 1.82) is 0 Å². The minimum atomic E-state index is -0.147. The molecule has 0 radical (unpaired) electrons. The quantitative estimate of drug-likeness (QED) is 0.665. The van der Waals surface area contributed by atoms with E-state index < -0.39 is 0 Å². The Bertz CT molecular complexity index is 1070. The SMILES string of the molecule is O=C(Nc1ccc(NC(=O)C2CC2)cc1)c1cc2c(s1)-c1ccccc1OC2.